The van der Waals surface area contributed by atoms with Gasteiger partial charge in [0.15, 0.2) is 5.16 Å². The van der Waals surface area contributed by atoms with Crippen LogP contribution in [0.4, 0.5) is 16.4 Å². The van der Waals surface area contributed by atoms with Crippen LogP contribution in [0.2, 0.25) is 0 Å². The van der Waals surface area contributed by atoms with Gasteiger partial charge in [-0.3, -0.25) is 5.32 Å². The number of amides is 1. The van der Waals surface area contributed by atoms with Gasteiger partial charge in [0.1, 0.15) is 17.2 Å². The van der Waals surface area contributed by atoms with E-state index in [0.29, 0.717) is 24.2 Å². The Hall–Kier alpha value is -1.54. The fourth-order valence-corrected chi connectivity index (χ4v) is 2.57. The highest BCUT2D eigenvalue weighted by molar-refractivity contribution is 7.98. The van der Waals surface area contributed by atoms with Gasteiger partial charge in [-0.1, -0.05) is 11.8 Å². The Labute approximate surface area is 141 Å². The molecule has 8 heteroatoms. The lowest BCUT2D eigenvalue weighted by atomic mass is 10.2. The van der Waals surface area contributed by atoms with Crippen molar-refractivity contribution in [2.24, 2.45) is 0 Å². The molecule has 0 saturated carbocycles. The van der Waals surface area contributed by atoms with Crippen molar-refractivity contribution >= 4 is 29.5 Å². The molecule has 1 amide bonds. The summed E-state index contributed by atoms with van der Waals surface area (Å²) in [6.07, 6.45) is 1.38. The Morgan fingerprint density at radius 2 is 2.22 bits per heavy atom. The van der Waals surface area contributed by atoms with Crippen LogP contribution in [-0.4, -0.2) is 53.7 Å². The van der Waals surface area contributed by atoms with E-state index in [4.69, 9.17) is 9.47 Å². The molecule has 23 heavy (non-hydrogen) atoms. The molecule has 2 heterocycles. The topological polar surface area (TPSA) is 76.6 Å². The first-order valence-electron chi connectivity index (χ1n) is 7.56. The molecule has 1 aliphatic rings. The monoisotopic (exact) mass is 340 g/mol. The van der Waals surface area contributed by atoms with Crippen LogP contribution in [0.1, 0.15) is 27.7 Å². The van der Waals surface area contributed by atoms with Gasteiger partial charge in [0.05, 0.1) is 19.3 Å². The summed E-state index contributed by atoms with van der Waals surface area (Å²) in [6.45, 7) is 9.63. The highest BCUT2D eigenvalue weighted by atomic mass is 32.2. The molecule has 1 atom stereocenters. The molecule has 0 spiro atoms. The molecule has 1 N–H and O–H groups in total. The Bertz CT molecular complexity index is 562. The molecule has 0 aliphatic carbocycles. The van der Waals surface area contributed by atoms with Crippen LogP contribution < -0.4 is 10.2 Å². The molecule has 0 aromatic carbocycles. The standard InChI is InChI=1S/C15H24N4O3S/c1-10-9-21-7-6-19(10)12-8-11(16-13(18-12)23-5)17-14(20)22-15(2,3)4/h8,10H,6-7,9H2,1-5H3,(H,16,17,18,20)/t10-/m1/s1. The first-order chi connectivity index (χ1) is 10.8. The van der Waals surface area contributed by atoms with Crippen LogP contribution in [0, 0.1) is 0 Å². The van der Waals surface area contributed by atoms with Crippen LogP contribution in [0.5, 0.6) is 0 Å². The van der Waals surface area contributed by atoms with Crippen LogP contribution in [0.15, 0.2) is 11.2 Å². The van der Waals surface area contributed by atoms with E-state index in [-0.39, 0.29) is 6.04 Å². The number of ether oxygens (including phenoxy) is 2. The van der Waals surface area contributed by atoms with Gasteiger partial charge in [0, 0.05) is 12.6 Å². The van der Waals surface area contributed by atoms with E-state index in [1.54, 1.807) is 6.07 Å². The van der Waals surface area contributed by atoms with Crippen molar-refractivity contribution < 1.29 is 14.3 Å². The second-order valence-corrected chi connectivity index (χ2v) is 7.12. The van der Waals surface area contributed by atoms with Crippen molar-refractivity contribution in [1.29, 1.82) is 0 Å². The number of nitrogens with one attached hydrogen (secondary N) is 1. The molecule has 0 unspecified atom stereocenters. The van der Waals surface area contributed by atoms with Gasteiger partial charge in [0.25, 0.3) is 0 Å². The summed E-state index contributed by atoms with van der Waals surface area (Å²) in [7, 11) is 0. The SMILES string of the molecule is CSc1nc(NC(=O)OC(C)(C)C)cc(N2CCOC[C@H]2C)n1. The normalized spacial score (nSPS) is 18.7. The zero-order valence-electron chi connectivity index (χ0n) is 14.3. The van der Waals surface area contributed by atoms with Crippen molar-refractivity contribution in [3.05, 3.63) is 6.07 Å². The molecule has 0 bridgehead atoms. The third-order valence-electron chi connectivity index (χ3n) is 3.17. The quantitative estimate of drug-likeness (QED) is 0.669. The predicted octanol–water partition coefficient (Wildman–Crippen LogP) is 2.77. The molecule has 0 radical (unpaired) electrons. The zero-order chi connectivity index (χ0) is 17.0. The maximum Gasteiger partial charge on any atom is 0.413 e. The van der Waals surface area contributed by atoms with Crippen molar-refractivity contribution in [1.82, 2.24) is 9.97 Å². The smallest absolute Gasteiger partial charge is 0.413 e. The second kappa shape index (κ2) is 7.35. The Kier molecular flexibility index (Phi) is 5.69. The molecule has 1 fully saturated rings. The average Bonchev–Trinajstić information content (AvgIpc) is 2.45. The lowest BCUT2D eigenvalue weighted by Gasteiger charge is -2.34. The number of carbonyl (C=O) groups excluding carboxylic acids is 1. The molecule has 128 valence electrons. The molecule has 7 nitrogen and oxygen atoms in total. The number of morpholine rings is 1. The number of hydrogen-bond acceptors (Lipinski definition) is 7. The molecule has 1 aromatic rings. The highest BCUT2D eigenvalue weighted by Gasteiger charge is 2.22. The summed E-state index contributed by atoms with van der Waals surface area (Å²) in [4.78, 5) is 23.0. The molecule has 2 rings (SSSR count). The average molecular weight is 340 g/mol. The Balaban J connectivity index is 2.20. The fourth-order valence-electron chi connectivity index (χ4n) is 2.19. The highest BCUT2D eigenvalue weighted by Crippen LogP contribution is 2.23. The lowest BCUT2D eigenvalue weighted by Crippen LogP contribution is -2.44. The van der Waals surface area contributed by atoms with Crippen LogP contribution in [-0.2, 0) is 9.47 Å². The van der Waals surface area contributed by atoms with E-state index in [1.807, 2.05) is 27.0 Å². The van der Waals surface area contributed by atoms with E-state index >= 15 is 0 Å². The summed E-state index contributed by atoms with van der Waals surface area (Å²) in [5, 5.41) is 3.29. The van der Waals surface area contributed by atoms with Crippen molar-refractivity contribution in [2.75, 3.05) is 36.2 Å². The summed E-state index contributed by atoms with van der Waals surface area (Å²) in [5.74, 6) is 1.22. The third-order valence-corrected chi connectivity index (χ3v) is 3.71. The summed E-state index contributed by atoms with van der Waals surface area (Å²) in [5.41, 5.74) is -0.555. The lowest BCUT2D eigenvalue weighted by molar-refractivity contribution is 0.0635. The maximum atomic E-state index is 11.9. The molecular weight excluding hydrogens is 316 g/mol. The minimum absolute atomic E-state index is 0.225. The Morgan fingerprint density at radius 1 is 1.48 bits per heavy atom. The van der Waals surface area contributed by atoms with E-state index < -0.39 is 11.7 Å². The molecule has 1 aliphatic heterocycles. The summed E-state index contributed by atoms with van der Waals surface area (Å²) in [6, 6.07) is 1.99. The zero-order valence-corrected chi connectivity index (χ0v) is 15.1. The van der Waals surface area contributed by atoms with Crippen molar-refractivity contribution in [2.45, 2.75) is 44.5 Å². The van der Waals surface area contributed by atoms with Gasteiger partial charge < -0.3 is 14.4 Å². The van der Waals surface area contributed by atoms with Crippen LogP contribution in [0.3, 0.4) is 0 Å². The van der Waals surface area contributed by atoms with E-state index in [9.17, 15) is 4.79 Å². The number of thioether (sulfide) groups is 1. The maximum absolute atomic E-state index is 11.9. The van der Waals surface area contributed by atoms with Gasteiger partial charge in [-0.25, -0.2) is 14.8 Å². The minimum atomic E-state index is -0.555. The van der Waals surface area contributed by atoms with Gasteiger partial charge in [0.2, 0.25) is 0 Å². The minimum Gasteiger partial charge on any atom is -0.444 e. The number of nitrogens with zero attached hydrogens (tertiary/aromatic N) is 3. The van der Waals surface area contributed by atoms with Gasteiger partial charge >= 0.3 is 6.09 Å². The Morgan fingerprint density at radius 3 is 2.83 bits per heavy atom. The third kappa shape index (κ3) is 5.24. The van der Waals surface area contributed by atoms with Gasteiger partial charge in [-0.05, 0) is 34.0 Å². The number of hydrogen-bond donors (Lipinski definition) is 1. The van der Waals surface area contributed by atoms with Gasteiger partial charge in [-0.15, -0.1) is 0 Å². The van der Waals surface area contributed by atoms with Crippen LogP contribution in [0.25, 0.3) is 0 Å². The number of carbonyl (C=O) groups is 1. The fraction of sp³-hybridized carbons (Fsp3) is 0.667. The number of aromatic nitrogens is 2. The first kappa shape index (κ1) is 17.8. The first-order valence-corrected chi connectivity index (χ1v) is 8.78. The second-order valence-electron chi connectivity index (χ2n) is 6.34. The van der Waals surface area contributed by atoms with E-state index in [2.05, 4.69) is 27.1 Å². The number of rotatable bonds is 3. The van der Waals surface area contributed by atoms with Crippen molar-refractivity contribution in [3.8, 4) is 0 Å². The molecular formula is C15H24N4O3S. The van der Waals surface area contributed by atoms with Gasteiger partial charge in [-0.2, -0.15) is 0 Å². The largest absolute Gasteiger partial charge is 0.444 e. The van der Waals surface area contributed by atoms with E-state index in [1.165, 1.54) is 11.8 Å². The van der Waals surface area contributed by atoms with E-state index in [0.717, 1.165) is 12.4 Å². The number of anilines is 2. The van der Waals surface area contributed by atoms with Crippen molar-refractivity contribution in [3.63, 3.8) is 0 Å². The summed E-state index contributed by atoms with van der Waals surface area (Å²) < 4.78 is 10.7. The summed E-state index contributed by atoms with van der Waals surface area (Å²) >= 11 is 1.43. The molecule has 1 aromatic heterocycles. The van der Waals surface area contributed by atoms with Crippen LogP contribution >= 0.6 is 11.8 Å². The predicted molar refractivity (Wildman–Crippen MR) is 91.3 cm³/mol. The molecule has 1 saturated heterocycles.